The van der Waals surface area contributed by atoms with Gasteiger partial charge < -0.3 is 5.11 Å². The highest BCUT2D eigenvalue weighted by Gasteiger charge is 2.43. The first-order valence-corrected chi connectivity index (χ1v) is 8.42. The van der Waals surface area contributed by atoms with Crippen molar-refractivity contribution in [2.24, 2.45) is 23.7 Å². The number of pyridine rings is 1. The average molecular weight is 293 g/mol. The number of nitrogens with zero attached hydrogens (tertiary/aromatic N) is 1. The van der Waals surface area contributed by atoms with Crippen LogP contribution in [0.3, 0.4) is 0 Å². The number of allylic oxidation sites excluding steroid dienone is 1. The van der Waals surface area contributed by atoms with Crippen molar-refractivity contribution in [2.75, 3.05) is 0 Å². The third-order valence-electron chi connectivity index (χ3n) is 5.98. The fraction of sp³-hybridized carbons (Fsp3) is 0.450. The molecule has 0 amide bonds. The van der Waals surface area contributed by atoms with Gasteiger partial charge >= 0.3 is 0 Å². The van der Waals surface area contributed by atoms with Crippen LogP contribution >= 0.6 is 0 Å². The smallest absolute Gasteiger partial charge is 0.0828 e. The molecule has 1 heterocycles. The number of aromatic nitrogens is 1. The SMILES string of the molecule is C=CC1CC2CCC1CC2[C@H](O)c1ccnc2ccccc12. The van der Waals surface area contributed by atoms with E-state index in [1.807, 2.05) is 30.5 Å². The lowest BCUT2D eigenvalue weighted by molar-refractivity contribution is -0.0217. The fourth-order valence-corrected chi connectivity index (χ4v) is 4.81. The average Bonchev–Trinajstić information content (AvgIpc) is 2.60. The van der Waals surface area contributed by atoms with Crippen LogP contribution in [-0.2, 0) is 0 Å². The molecule has 1 aromatic carbocycles. The summed E-state index contributed by atoms with van der Waals surface area (Å²) in [6.45, 7) is 4.00. The first-order chi connectivity index (χ1) is 10.8. The molecule has 114 valence electrons. The van der Waals surface area contributed by atoms with E-state index >= 15 is 0 Å². The van der Waals surface area contributed by atoms with Crippen molar-refractivity contribution < 1.29 is 5.11 Å². The number of rotatable bonds is 3. The minimum absolute atomic E-state index is 0.369. The van der Waals surface area contributed by atoms with Crippen LogP contribution in [0.5, 0.6) is 0 Å². The maximum atomic E-state index is 11.1. The molecule has 0 aliphatic heterocycles. The Kier molecular flexibility index (Phi) is 3.50. The van der Waals surface area contributed by atoms with Crippen molar-refractivity contribution in [3.05, 3.63) is 54.7 Å². The quantitative estimate of drug-likeness (QED) is 0.845. The standard InChI is InChI=1S/C20H23NO/c1-2-13-11-15-8-7-14(13)12-18(15)20(22)17-9-10-21-19-6-4-3-5-16(17)19/h2-6,9-10,13-15,18,20,22H,1,7-8,11-12H2/t13?,14?,15?,18?,20-/m1/s1. The molecule has 4 unspecified atom stereocenters. The normalized spacial score (nSPS) is 32.0. The number of hydrogen-bond acceptors (Lipinski definition) is 2. The van der Waals surface area contributed by atoms with Gasteiger partial charge in [-0.25, -0.2) is 0 Å². The molecule has 2 nitrogen and oxygen atoms in total. The van der Waals surface area contributed by atoms with Crippen LogP contribution in [-0.4, -0.2) is 10.1 Å². The van der Waals surface area contributed by atoms with E-state index in [1.54, 1.807) is 0 Å². The van der Waals surface area contributed by atoms with Crippen molar-refractivity contribution in [3.63, 3.8) is 0 Å². The van der Waals surface area contributed by atoms with E-state index in [-0.39, 0.29) is 6.10 Å². The zero-order valence-electron chi connectivity index (χ0n) is 12.9. The molecule has 0 spiro atoms. The van der Waals surface area contributed by atoms with Crippen LogP contribution in [0.4, 0.5) is 0 Å². The number of aliphatic hydroxyl groups is 1. The molecule has 2 bridgehead atoms. The number of aliphatic hydroxyl groups excluding tert-OH is 1. The zero-order chi connectivity index (χ0) is 15.1. The third-order valence-corrected chi connectivity index (χ3v) is 5.98. The van der Waals surface area contributed by atoms with Gasteiger partial charge in [0.05, 0.1) is 11.6 Å². The van der Waals surface area contributed by atoms with Crippen molar-refractivity contribution in [1.82, 2.24) is 4.98 Å². The molecular weight excluding hydrogens is 270 g/mol. The van der Waals surface area contributed by atoms with Crippen LogP contribution in [0.15, 0.2) is 49.2 Å². The molecular formula is C20H23NO. The van der Waals surface area contributed by atoms with Gasteiger partial charge in [-0.3, -0.25) is 4.98 Å². The van der Waals surface area contributed by atoms with E-state index in [9.17, 15) is 5.11 Å². The van der Waals surface area contributed by atoms with E-state index in [0.29, 0.717) is 17.8 Å². The van der Waals surface area contributed by atoms with Gasteiger partial charge in [-0.2, -0.15) is 0 Å². The Labute approximate surface area is 131 Å². The molecule has 5 rings (SSSR count). The highest BCUT2D eigenvalue weighted by atomic mass is 16.3. The molecule has 2 aromatic rings. The second-order valence-corrected chi connectivity index (χ2v) is 6.99. The second-order valence-electron chi connectivity index (χ2n) is 6.99. The number of para-hydroxylation sites is 1. The fourth-order valence-electron chi connectivity index (χ4n) is 4.81. The molecule has 0 radical (unpaired) electrons. The summed E-state index contributed by atoms with van der Waals surface area (Å²) in [7, 11) is 0. The predicted octanol–water partition coefficient (Wildman–Crippen LogP) is 4.51. The number of fused-ring (bicyclic) bond motifs is 4. The van der Waals surface area contributed by atoms with Crippen LogP contribution in [0.1, 0.15) is 37.4 Å². The summed E-state index contributed by atoms with van der Waals surface area (Å²) >= 11 is 0. The number of benzene rings is 1. The molecule has 5 atom stereocenters. The first-order valence-electron chi connectivity index (χ1n) is 8.42. The Morgan fingerprint density at radius 3 is 2.73 bits per heavy atom. The molecule has 0 saturated heterocycles. The van der Waals surface area contributed by atoms with Crippen molar-refractivity contribution in [3.8, 4) is 0 Å². The van der Waals surface area contributed by atoms with E-state index < -0.39 is 0 Å². The van der Waals surface area contributed by atoms with Gasteiger partial charge in [-0.05, 0) is 67.1 Å². The van der Waals surface area contributed by atoms with Crippen LogP contribution in [0.2, 0.25) is 0 Å². The topological polar surface area (TPSA) is 33.1 Å². The summed E-state index contributed by atoms with van der Waals surface area (Å²) in [6, 6.07) is 10.1. The van der Waals surface area contributed by atoms with E-state index in [0.717, 1.165) is 28.8 Å². The zero-order valence-corrected chi connectivity index (χ0v) is 12.9. The highest BCUT2D eigenvalue weighted by Crippen LogP contribution is 2.52. The minimum Gasteiger partial charge on any atom is -0.388 e. The van der Waals surface area contributed by atoms with E-state index in [1.165, 1.54) is 19.3 Å². The largest absolute Gasteiger partial charge is 0.388 e. The van der Waals surface area contributed by atoms with Crippen LogP contribution in [0, 0.1) is 23.7 Å². The summed E-state index contributed by atoms with van der Waals surface area (Å²) < 4.78 is 0. The minimum atomic E-state index is -0.369. The number of hydrogen-bond donors (Lipinski definition) is 1. The van der Waals surface area contributed by atoms with Gasteiger partial charge in [-0.1, -0.05) is 24.3 Å². The van der Waals surface area contributed by atoms with Crippen LogP contribution < -0.4 is 0 Å². The molecule has 2 heteroatoms. The van der Waals surface area contributed by atoms with Gasteiger partial charge in [0.1, 0.15) is 0 Å². The summed E-state index contributed by atoms with van der Waals surface area (Å²) in [5, 5.41) is 12.2. The van der Waals surface area contributed by atoms with Crippen molar-refractivity contribution in [2.45, 2.75) is 31.8 Å². The van der Waals surface area contributed by atoms with Gasteiger partial charge in [0.15, 0.2) is 0 Å². The summed E-state index contributed by atoms with van der Waals surface area (Å²) in [4.78, 5) is 4.42. The molecule has 3 aliphatic carbocycles. The Bertz CT molecular complexity index is 690. The second kappa shape index (κ2) is 5.51. The van der Waals surface area contributed by atoms with Gasteiger partial charge in [0.25, 0.3) is 0 Å². The Morgan fingerprint density at radius 1 is 1.14 bits per heavy atom. The van der Waals surface area contributed by atoms with E-state index in [2.05, 4.69) is 23.7 Å². The van der Waals surface area contributed by atoms with Gasteiger partial charge in [0.2, 0.25) is 0 Å². The maximum absolute atomic E-state index is 11.1. The highest BCUT2D eigenvalue weighted by molar-refractivity contribution is 5.82. The third kappa shape index (κ3) is 2.17. The lowest BCUT2D eigenvalue weighted by Crippen LogP contribution is -2.39. The summed E-state index contributed by atoms with van der Waals surface area (Å²) in [5.41, 5.74) is 2.03. The lowest BCUT2D eigenvalue weighted by atomic mass is 9.58. The summed E-state index contributed by atoms with van der Waals surface area (Å²) in [5.74, 6) is 2.40. The summed E-state index contributed by atoms with van der Waals surface area (Å²) in [6.07, 6.45) is 8.52. The Hall–Kier alpha value is -1.67. The molecule has 1 N–H and O–H groups in total. The van der Waals surface area contributed by atoms with Crippen molar-refractivity contribution in [1.29, 1.82) is 0 Å². The van der Waals surface area contributed by atoms with Gasteiger partial charge in [-0.15, -0.1) is 6.58 Å². The molecule has 1 aromatic heterocycles. The molecule has 3 aliphatic rings. The Balaban J connectivity index is 1.67. The van der Waals surface area contributed by atoms with E-state index in [4.69, 9.17) is 0 Å². The maximum Gasteiger partial charge on any atom is 0.0828 e. The molecule has 3 fully saturated rings. The van der Waals surface area contributed by atoms with Gasteiger partial charge in [0, 0.05) is 11.6 Å². The monoisotopic (exact) mass is 293 g/mol. The first kappa shape index (κ1) is 14.0. The Morgan fingerprint density at radius 2 is 1.95 bits per heavy atom. The predicted molar refractivity (Wildman–Crippen MR) is 89.3 cm³/mol. The van der Waals surface area contributed by atoms with Crippen LogP contribution in [0.25, 0.3) is 10.9 Å². The lowest BCUT2D eigenvalue weighted by Gasteiger charge is -2.48. The molecule has 3 saturated carbocycles. The van der Waals surface area contributed by atoms with Crippen molar-refractivity contribution >= 4 is 10.9 Å². The molecule has 22 heavy (non-hydrogen) atoms.